The van der Waals surface area contributed by atoms with Crippen LogP contribution in [0.2, 0.25) is 0 Å². The standard InChI is InChI=1S/C7H12N4O4/c12-2-4-15-3-1-11-5-8-6(9-11)7(13)10-14/h5,12,14H,1-4H2,(H,10,13). The van der Waals surface area contributed by atoms with Crippen molar-refractivity contribution in [2.75, 3.05) is 19.8 Å². The lowest BCUT2D eigenvalue weighted by molar-refractivity contribution is 0.0692. The molecule has 1 heterocycles. The molecule has 0 bridgehead atoms. The van der Waals surface area contributed by atoms with Crippen molar-refractivity contribution >= 4 is 5.91 Å². The van der Waals surface area contributed by atoms with Crippen molar-refractivity contribution < 1.29 is 19.8 Å². The van der Waals surface area contributed by atoms with Crippen LogP contribution in [0.4, 0.5) is 0 Å². The second-order valence-corrected chi connectivity index (χ2v) is 2.61. The van der Waals surface area contributed by atoms with Gasteiger partial charge in [0.15, 0.2) is 0 Å². The molecule has 0 aromatic carbocycles. The molecule has 15 heavy (non-hydrogen) atoms. The highest BCUT2D eigenvalue weighted by molar-refractivity contribution is 5.89. The molecule has 0 aliphatic rings. The van der Waals surface area contributed by atoms with Crippen molar-refractivity contribution in [3.63, 3.8) is 0 Å². The molecule has 1 amide bonds. The Morgan fingerprint density at radius 2 is 2.40 bits per heavy atom. The smallest absolute Gasteiger partial charge is 0.314 e. The number of ether oxygens (including phenoxy) is 1. The summed E-state index contributed by atoms with van der Waals surface area (Å²) in [6.45, 7) is 1.02. The lowest BCUT2D eigenvalue weighted by Gasteiger charge is -2.00. The molecule has 1 aromatic heterocycles. The predicted molar refractivity (Wildman–Crippen MR) is 47.2 cm³/mol. The molecule has 8 nitrogen and oxygen atoms in total. The minimum absolute atomic E-state index is 0.0322. The Bertz CT molecular complexity index is 314. The van der Waals surface area contributed by atoms with Gasteiger partial charge >= 0.3 is 5.91 Å². The largest absolute Gasteiger partial charge is 0.394 e. The van der Waals surface area contributed by atoms with Gasteiger partial charge in [-0.25, -0.2) is 15.1 Å². The lowest BCUT2D eigenvalue weighted by Crippen LogP contribution is -2.20. The molecule has 1 rings (SSSR count). The molecular weight excluding hydrogens is 204 g/mol. The fraction of sp³-hybridized carbons (Fsp3) is 0.571. The van der Waals surface area contributed by atoms with E-state index in [1.807, 2.05) is 0 Å². The van der Waals surface area contributed by atoms with Crippen LogP contribution < -0.4 is 5.48 Å². The van der Waals surface area contributed by atoms with Crippen LogP contribution in [0.15, 0.2) is 6.33 Å². The molecule has 0 saturated carbocycles. The second-order valence-electron chi connectivity index (χ2n) is 2.61. The Kier molecular flexibility index (Phi) is 4.68. The number of amides is 1. The highest BCUT2D eigenvalue weighted by Gasteiger charge is 2.09. The van der Waals surface area contributed by atoms with Crippen molar-refractivity contribution in [1.82, 2.24) is 20.2 Å². The van der Waals surface area contributed by atoms with E-state index in [0.29, 0.717) is 13.2 Å². The molecule has 8 heteroatoms. The van der Waals surface area contributed by atoms with E-state index in [1.165, 1.54) is 16.5 Å². The van der Waals surface area contributed by atoms with Crippen LogP contribution in [0.25, 0.3) is 0 Å². The third-order valence-corrected chi connectivity index (χ3v) is 1.54. The maximum Gasteiger partial charge on any atom is 0.314 e. The van der Waals surface area contributed by atoms with Gasteiger partial charge < -0.3 is 9.84 Å². The van der Waals surface area contributed by atoms with Gasteiger partial charge in [-0.2, -0.15) is 0 Å². The Morgan fingerprint density at radius 1 is 1.60 bits per heavy atom. The number of aliphatic hydroxyl groups is 1. The van der Waals surface area contributed by atoms with Crippen molar-refractivity contribution in [3.05, 3.63) is 12.2 Å². The van der Waals surface area contributed by atoms with Crippen LogP contribution in [-0.4, -0.2) is 50.8 Å². The van der Waals surface area contributed by atoms with Crippen LogP contribution in [0, 0.1) is 0 Å². The highest BCUT2D eigenvalue weighted by Crippen LogP contribution is 1.90. The van der Waals surface area contributed by atoms with Gasteiger partial charge in [-0.15, -0.1) is 5.10 Å². The molecule has 0 atom stereocenters. The number of aromatic nitrogens is 3. The zero-order valence-corrected chi connectivity index (χ0v) is 7.96. The second kappa shape index (κ2) is 6.06. The van der Waals surface area contributed by atoms with Crippen molar-refractivity contribution in [3.8, 4) is 0 Å². The molecule has 3 N–H and O–H groups in total. The summed E-state index contributed by atoms with van der Waals surface area (Å²) in [4.78, 5) is 14.5. The van der Waals surface area contributed by atoms with E-state index in [1.54, 1.807) is 0 Å². The quantitative estimate of drug-likeness (QED) is 0.300. The minimum Gasteiger partial charge on any atom is -0.394 e. The van der Waals surface area contributed by atoms with Gasteiger partial charge in [-0.3, -0.25) is 10.0 Å². The van der Waals surface area contributed by atoms with Gasteiger partial charge in [0.2, 0.25) is 5.82 Å². The monoisotopic (exact) mass is 216 g/mol. The third-order valence-electron chi connectivity index (χ3n) is 1.54. The molecule has 0 saturated heterocycles. The molecule has 0 fully saturated rings. The maximum absolute atomic E-state index is 10.8. The number of carbonyl (C=O) groups excluding carboxylic acids is 1. The van der Waals surface area contributed by atoms with E-state index in [4.69, 9.17) is 15.1 Å². The summed E-state index contributed by atoms with van der Waals surface area (Å²) in [6.07, 6.45) is 1.35. The number of hydrogen-bond acceptors (Lipinski definition) is 6. The number of hydrogen-bond donors (Lipinski definition) is 3. The highest BCUT2D eigenvalue weighted by atomic mass is 16.5. The minimum atomic E-state index is -0.759. The third kappa shape index (κ3) is 3.62. The SMILES string of the molecule is O=C(NO)c1ncn(CCOCCO)n1. The van der Waals surface area contributed by atoms with Gasteiger partial charge in [0.25, 0.3) is 0 Å². The number of aliphatic hydroxyl groups excluding tert-OH is 1. The van der Waals surface area contributed by atoms with Gasteiger partial charge in [-0.05, 0) is 0 Å². The van der Waals surface area contributed by atoms with Crippen LogP contribution in [0.3, 0.4) is 0 Å². The first-order valence-electron chi connectivity index (χ1n) is 4.30. The van der Waals surface area contributed by atoms with Crippen LogP contribution in [-0.2, 0) is 11.3 Å². The average Bonchev–Trinajstić information content (AvgIpc) is 2.72. The summed E-state index contributed by atoms with van der Waals surface area (Å²) < 4.78 is 6.40. The zero-order chi connectivity index (χ0) is 11.1. The van der Waals surface area contributed by atoms with Gasteiger partial charge in [0.05, 0.1) is 26.4 Å². The lowest BCUT2D eigenvalue weighted by atomic mass is 10.6. The van der Waals surface area contributed by atoms with E-state index >= 15 is 0 Å². The predicted octanol–water partition coefficient (Wildman–Crippen LogP) is -1.59. The summed E-state index contributed by atoms with van der Waals surface area (Å²) in [5.41, 5.74) is 1.43. The number of hydroxylamine groups is 1. The maximum atomic E-state index is 10.8. The van der Waals surface area contributed by atoms with E-state index in [2.05, 4.69) is 10.1 Å². The van der Waals surface area contributed by atoms with E-state index in [-0.39, 0.29) is 19.0 Å². The van der Waals surface area contributed by atoms with E-state index in [9.17, 15) is 4.79 Å². The Labute approximate surface area is 85.5 Å². The average molecular weight is 216 g/mol. The van der Waals surface area contributed by atoms with Crippen molar-refractivity contribution in [1.29, 1.82) is 0 Å². The summed E-state index contributed by atoms with van der Waals surface area (Å²) >= 11 is 0. The molecule has 0 spiro atoms. The zero-order valence-electron chi connectivity index (χ0n) is 7.96. The van der Waals surface area contributed by atoms with Gasteiger partial charge in [0.1, 0.15) is 6.33 Å². The molecule has 0 radical (unpaired) electrons. The topological polar surface area (TPSA) is 110 Å². The first kappa shape index (κ1) is 11.6. The first-order valence-corrected chi connectivity index (χ1v) is 4.30. The van der Waals surface area contributed by atoms with Crippen molar-refractivity contribution in [2.45, 2.75) is 6.54 Å². The number of nitrogens with one attached hydrogen (secondary N) is 1. The normalized spacial score (nSPS) is 10.3. The molecule has 1 aromatic rings. The summed E-state index contributed by atoms with van der Waals surface area (Å²) in [6, 6.07) is 0. The summed E-state index contributed by atoms with van der Waals surface area (Å²) in [5, 5.41) is 20.5. The van der Waals surface area contributed by atoms with Crippen LogP contribution in [0.5, 0.6) is 0 Å². The van der Waals surface area contributed by atoms with Crippen molar-refractivity contribution in [2.24, 2.45) is 0 Å². The number of carbonyl (C=O) groups is 1. The van der Waals surface area contributed by atoms with Crippen LogP contribution in [0.1, 0.15) is 10.6 Å². The van der Waals surface area contributed by atoms with E-state index < -0.39 is 5.91 Å². The Morgan fingerprint density at radius 3 is 3.07 bits per heavy atom. The fourth-order valence-electron chi connectivity index (χ4n) is 0.881. The molecular formula is C7H12N4O4. The van der Waals surface area contributed by atoms with E-state index in [0.717, 1.165) is 0 Å². The Hall–Kier alpha value is -1.51. The first-order chi connectivity index (χ1) is 7.27. The molecule has 84 valence electrons. The van der Waals surface area contributed by atoms with Gasteiger partial charge in [-0.1, -0.05) is 0 Å². The summed E-state index contributed by atoms with van der Waals surface area (Å²) in [5.74, 6) is -0.871. The fourth-order valence-corrected chi connectivity index (χ4v) is 0.881. The van der Waals surface area contributed by atoms with Crippen LogP contribution >= 0.6 is 0 Å². The number of nitrogens with zero attached hydrogens (tertiary/aromatic N) is 3. The Balaban J connectivity index is 2.36. The van der Waals surface area contributed by atoms with Gasteiger partial charge in [0, 0.05) is 0 Å². The molecule has 0 unspecified atom stereocenters. The molecule has 0 aliphatic heterocycles. The number of rotatable bonds is 6. The summed E-state index contributed by atoms with van der Waals surface area (Å²) in [7, 11) is 0. The molecule has 0 aliphatic carbocycles.